The fourth-order valence-corrected chi connectivity index (χ4v) is 3.93. The van der Waals surface area contributed by atoms with E-state index in [0.717, 1.165) is 44.3 Å². The van der Waals surface area contributed by atoms with Gasteiger partial charge in [0.25, 0.3) is 0 Å². The van der Waals surface area contributed by atoms with Gasteiger partial charge in [0.2, 0.25) is 0 Å². The van der Waals surface area contributed by atoms with Crippen molar-refractivity contribution in [3.8, 4) is 11.5 Å². The van der Waals surface area contributed by atoms with Crippen LogP contribution in [0.25, 0.3) is 0 Å². The molecular formula is C18H26N2O3. The third kappa shape index (κ3) is 3.38. The maximum atomic E-state index is 12.6. The predicted molar refractivity (Wildman–Crippen MR) is 88.7 cm³/mol. The molecule has 1 aromatic carbocycles. The molecule has 1 aliphatic carbocycles. The molecule has 2 N–H and O–H groups in total. The van der Waals surface area contributed by atoms with Crippen LogP contribution in [-0.2, 0) is 0 Å². The molecule has 0 atom stereocenters. The maximum Gasteiger partial charge on any atom is 0.319 e. The summed E-state index contributed by atoms with van der Waals surface area (Å²) in [6, 6.07) is 5.34. The smallest absolute Gasteiger partial charge is 0.319 e. The first-order valence-corrected chi connectivity index (χ1v) is 8.60. The summed E-state index contributed by atoms with van der Waals surface area (Å²) in [6.07, 6.45) is 6.40. The SMILES string of the molecule is CN(C(=O)N1CCC(c2ccc(O)cc2O)CC1)C1CCCC1. The van der Waals surface area contributed by atoms with E-state index < -0.39 is 0 Å². The second-order valence-corrected chi connectivity index (χ2v) is 6.84. The lowest BCUT2D eigenvalue weighted by Crippen LogP contribution is -2.47. The quantitative estimate of drug-likeness (QED) is 0.879. The molecule has 1 aliphatic heterocycles. The average molecular weight is 318 g/mol. The van der Waals surface area contributed by atoms with E-state index in [-0.39, 0.29) is 23.4 Å². The van der Waals surface area contributed by atoms with Crippen LogP contribution in [-0.4, -0.2) is 52.2 Å². The van der Waals surface area contributed by atoms with Crippen molar-refractivity contribution in [2.45, 2.75) is 50.5 Å². The highest BCUT2D eigenvalue weighted by Gasteiger charge is 2.30. The Morgan fingerprint density at radius 1 is 1.13 bits per heavy atom. The highest BCUT2D eigenvalue weighted by atomic mass is 16.3. The zero-order chi connectivity index (χ0) is 16.4. The van der Waals surface area contributed by atoms with Gasteiger partial charge in [-0.05, 0) is 43.2 Å². The number of likely N-dealkylation sites (tertiary alicyclic amines) is 1. The number of urea groups is 1. The lowest BCUT2D eigenvalue weighted by molar-refractivity contribution is 0.134. The normalized spacial score (nSPS) is 20.0. The molecule has 5 nitrogen and oxygen atoms in total. The number of phenols is 2. The Kier molecular flexibility index (Phi) is 4.64. The molecular weight excluding hydrogens is 292 g/mol. The van der Waals surface area contributed by atoms with Gasteiger partial charge in [-0.2, -0.15) is 0 Å². The van der Waals surface area contributed by atoms with Crippen LogP contribution in [0.15, 0.2) is 18.2 Å². The number of carbonyl (C=O) groups is 1. The molecule has 0 aromatic heterocycles. The molecule has 0 bridgehead atoms. The van der Waals surface area contributed by atoms with E-state index in [1.165, 1.54) is 18.9 Å². The predicted octanol–water partition coefficient (Wildman–Crippen LogP) is 3.27. The van der Waals surface area contributed by atoms with Crippen molar-refractivity contribution >= 4 is 6.03 Å². The number of nitrogens with zero attached hydrogens (tertiary/aromatic N) is 2. The molecule has 5 heteroatoms. The van der Waals surface area contributed by atoms with Crippen LogP contribution in [0.4, 0.5) is 4.79 Å². The minimum absolute atomic E-state index is 0.0806. The number of hydrogen-bond acceptors (Lipinski definition) is 3. The highest BCUT2D eigenvalue weighted by molar-refractivity contribution is 5.74. The second kappa shape index (κ2) is 6.69. The number of piperidine rings is 1. The van der Waals surface area contributed by atoms with Gasteiger partial charge in [-0.1, -0.05) is 18.9 Å². The Morgan fingerprint density at radius 3 is 2.39 bits per heavy atom. The lowest BCUT2D eigenvalue weighted by atomic mass is 9.89. The van der Waals surface area contributed by atoms with Crippen molar-refractivity contribution in [3.63, 3.8) is 0 Å². The summed E-state index contributed by atoms with van der Waals surface area (Å²) in [6.45, 7) is 1.45. The number of rotatable bonds is 2. The average Bonchev–Trinajstić information content (AvgIpc) is 3.08. The van der Waals surface area contributed by atoms with E-state index in [9.17, 15) is 15.0 Å². The first-order valence-electron chi connectivity index (χ1n) is 8.60. The standard InChI is InChI=1S/C18H26N2O3/c1-19(14-4-2-3-5-14)18(23)20-10-8-13(9-11-20)16-7-6-15(21)12-17(16)22/h6-7,12-14,21-22H,2-5,8-11H2,1H3. The number of hydrogen-bond donors (Lipinski definition) is 2. The molecule has 0 unspecified atom stereocenters. The van der Waals surface area contributed by atoms with Crippen LogP contribution in [0.5, 0.6) is 11.5 Å². The summed E-state index contributed by atoms with van der Waals surface area (Å²) in [5.41, 5.74) is 0.874. The van der Waals surface area contributed by atoms with Crippen LogP contribution >= 0.6 is 0 Å². The van der Waals surface area contributed by atoms with Crippen molar-refractivity contribution in [3.05, 3.63) is 23.8 Å². The van der Waals surface area contributed by atoms with E-state index in [1.54, 1.807) is 12.1 Å². The van der Waals surface area contributed by atoms with Crippen molar-refractivity contribution < 1.29 is 15.0 Å². The molecule has 3 rings (SSSR count). The van der Waals surface area contributed by atoms with E-state index in [1.807, 2.05) is 16.8 Å². The number of phenolic OH excluding ortho intramolecular Hbond substituents is 2. The zero-order valence-electron chi connectivity index (χ0n) is 13.7. The van der Waals surface area contributed by atoms with Crippen molar-refractivity contribution in [2.24, 2.45) is 0 Å². The Hall–Kier alpha value is -1.91. The minimum atomic E-state index is 0.0806. The summed E-state index contributed by atoms with van der Waals surface area (Å²) < 4.78 is 0. The monoisotopic (exact) mass is 318 g/mol. The van der Waals surface area contributed by atoms with E-state index in [4.69, 9.17) is 0 Å². The molecule has 1 aromatic rings. The number of carbonyl (C=O) groups excluding carboxylic acids is 1. The number of aromatic hydroxyl groups is 2. The molecule has 1 saturated heterocycles. The Bertz CT molecular complexity index is 561. The molecule has 0 spiro atoms. The summed E-state index contributed by atoms with van der Waals surface area (Å²) in [5, 5.41) is 19.4. The van der Waals surface area contributed by atoms with Crippen LogP contribution in [0.1, 0.15) is 50.0 Å². The largest absolute Gasteiger partial charge is 0.508 e. The Morgan fingerprint density at radius 2 is 1.78 bits per heavy atom. The van der Waals surface area contributed by atoms with Gasteiger partial charge in [0.15, 0.2) is 0 Å². The second-order valence-electron chi connectivity index (χ2n) is 6.84. The first-order chi connectivity index (χ1) is 11.1. The van der Waals surface area contributed by atoms with Crippen LogP contribution in [0.2, 0.25) is 0 Å². The molecule has 2 aliphatic rings. The van der Waals surface area contributed by atoms with E-state index in [0.29, 0.717) is 6.04 Å². The van der Waals surface area contributed by atoms with Crippen molar-refractivity contribution in [2.75, 3.05) is 20.1 Å². The van der Waals surface area contributed by atoms with Gasteiger partial charge in [0.05, 0.1) is 0 Å². The van der Waals surface area contributed by atoms with Gasteiger partial charge in [-0.15, -0.1) is 0 Å². The number of amides is 2. The summed E-state index contributed by atoms with van der Waals surface area (Å²) >= 11 is 0. The molecule has 0 radical (unpaired) electrons. The van der Waals surface area contributed by atoms with Gasteiger partial charge in [-0.3, -0.25) is 0 Å². The lowest BCUT2D eigenvalue weighted by Gasteiger charge is -2.36. The minimum Gasteiger partial charge on any atom is -0.508 e. The van der Waals surface area contributed by atoms with E-state index >= 15 is 0 Å². The van der Waals surface area contributed by atoms with Crippen molar-refractivity contribution in [1.29, 1.82) is 0 Å². The highest BCUT2D eigenvalue weighted by Crippen LogP contribution is 2.35. The Labute approximate surface area is 137 Å². The number of benzene rings is 1. The molecule has 1 heterocycles. The van der Waals surface area contributed by atoms with Crippen LogP contribution in [0, 0.1) is 0 Å². The van der Waals surface area contributed by atoms with Gasteiger partial charge >= 0.3 is 6.03 Å². The topological polar surface area (TPSA) is 64.0 Å². The van der Waals surface area contributed by atoms with E-state index in [2.05, 4.69) is 0 Å². The summed E-state index contributed by atoms with van der Waals surface area (Å²) in [4.78, 5) is 16.5. The molecule has 2 fully saturated rings. The van der Waals surface area contributed by atoms with Gasteiger partial charge in [0, 0.05) is 32.2 Å². The van der Waals surface area contributed by atoms with Gasteiger partial charge in [-0.25, -0.2) is 4.79 Å². The summed E-state index contributed by atoms with van der Waals surface area (Å²) in [5.74, 6) is 0.478. The van der Waals surface area contributed by atoms with Crippen LogP contribution in [0.3, 0.4) is 0 Å². The maximum absolute atomic E-state index is 12.6. The molecule has 23 heavy (non-hydrogen) atoms. The fraction of sp³-hybridized carbons (Fsp3) is 0.611. The third-order valence-corrected chi connectivity index (χ3v) is 5.39. The Balaban J connectivity index is 1.58. The van der Waals surface area contributed by atoms with Crippen molar-refractivity contribution in [1.82, 2.24) is 9.80 Å². The molecule has 2 amide bonds. The molecule has 126 valence electrons. The first kappa shape index (κ1) is 16.0. The van der Waals surface area contributed by atoms with Crippen LogP contribution < -0.4 is 0 Å². The van der Waals surface area contributed by atoms with Gasteiger partial charge < -0.3 is 20.0 Å². The fourth-order valence-electron chi connectivity index (χ4n) is 3.93. The molecule has 1 saturated carbocycles. The third-order valence-electron chi connectivity index (χ3n) is 5.39. The zero-order valence-corrected chi connectivity index (χ0v) is 13.7. The summed E-state index contributed by atoms with van der Waals surface area (Å²) in [7, 11) is 1.93. The van der Waals surface area contributed by atoms with Gasteiger partial charge in [0.1, 0.15) is 11.5 Å².